The Morgan fingerprint density at radius 1 is 0.962 bits per heavy atom. The molecule has 1 aromatic carbocycles. The van der Waals surface area contributed by atoms with E-state index in [1.807, 2.05) is 51.6 Å². The number of thiophene rings is 1. The normalized spacial score (nSPS) is 14.8. The minimum absolute atomic E-state index is 0.0852. The molecule has 0 N–H and O–H groups in total. The van der Waals surface area contributed by atoms with Gasteiger partial charge < -0.3 is 14.5 Å². The van der Waals surface area contributed by atoms with E-state index in [1.54, 1.807) is 18.4 Å². The predicted molar refractivity (Wildman–Crippen MR) is 102 cm³/mol. The second kappa shape index (κ2) is 8.85. The Kier molecular flexibility index (Phi) is 6.28. The SMILES string of the molecule is COc1ccccc1CC(=O)N1CCCN(C(=O)Cc2cccs2)CC1. The van der Waals surface area contributed by atoms with Crippen LogP contribution in [0.2, 0.25) is 0 Å². The summed E-state index contributed by atoms with van der Waals surface area (Å²) in [5.74, 6) is 0.969. The molecule has 1 aromatic heterocycles. The third kappa shape index (κ3) is 4.64. The Morgan fingerprint density at radius 3 is 2.31 bits per heavy atom. The van der Waals surface area contributed by atoms with Crippen molar-refractivity contribution in [2.45, 2.75) is 19.3 Å². The Labute approximate surface area is 158 Å². The number of amides is 2. The minimum atomic E-state index is 0.0852. The average Bonchev–Trinajstić information content (AvgIpc) is 3.03. The molecule has 1 fully saturated rings. The molecule has 2 amide bonds. The molecule has 5 nitrogen and oxygen atoms in total. The number of hydrogen-bond acceptors (Lipinski definition) is 4. The van der Waals surface area contributed by atoms with Crippen LogP contribution in [0.4, 0.5) is 0 Å². The Balaban J connectivity index is 1.56. The number of benzene rings is 1. The van der Waals surface area contributed by atoms with Crippen molar-refractivity contribution < 1.29 is 14.3 Å². The van der Waals surface area contributed by atoms with Crippen LogP contribution in [0.1, 0.15) is 16.9 Å². The van der Waals surface area contributed by atoms with Crippen molar-refractivity contribution in [2.24, 2.45) is 0 Å². The van der Waals surface area contributed by atoms with Crippen LogP contribution in [0.3, 0.4) is 0 Å². The molecule has 6 heteroatoms. The van der Waals surface area contributed by atoms with Gasteiger partial charge in [-0.25, -0.2) is 0 Å². The van der Waals surface area contributed by atoms with Crippen molar-refractivity contribution in [1.82, 2.24) is 9.80 Å². The standard InChI is InChI=1S/C20H24N2O3S/c1-25-18-8-3-2-6-16(18)14-19(23)21-9-5-10-22(12-11-21)20(24)15-17-7-4-13-26-17/h2-4,6-8,13H,5,9-12,14-15H2,1H3. The number of ether oxygens (including phenoxy) is 1. The van der Waals surface area contributed by atoms with Gasteiger partial charge in [-0.2, -0.15) is 0 Å². The lowest BCUT2D eigenvalue weighted by atomic mass is 10.1. The van der Waals surface area contributed by atoms with E-state index >= 15 is 0 Å². The summed E-state index contributed by atoms with van der Waals surface area (Å²) in [7, 11) is 1.62. The number of carbonyl (C=O) groups excluding carboxylic acids is 2. The second-order valence-electron chi connectivity index (χ2n) is 6.36. The molecule has 1 aliphatic rings. The molecule has 0 saturated carbocycles. The second-order valence-corrected chi connectivity index (χ2v) is 7.39. The Bertz CT molecular complexity index is 745. The predicted octanol–water partition coefficient (Wildman–Crippen LogP) is 2.60. The number of hydrogen-bond donors (Lipinski definition) is 0. The van der Waals surface area contributed by atoms with Crippen molar-refractivity contribution in [3.05, 3.63) is 52.2 Å². The fraction of sp³-hybridized carbons (Fsp3) is 0.400. The van der Waals surface area contributed by atoms with Gasteiger partial charge in [0.1, 0.15) is 5.75 Å². The number of rotatable bonds is 5. The van der Waals surface area contributed by atoms with Gasteiger partial charge in [0.2, 0.25) is 11.8 Å². The first-order chi connectivity index (χ1) is 12.7. The van der Waals surface area contributed by atoms with Crippen LogP contribution >= 0.6 is 11.3 Å². The van der Waals surface area contributed by atoms with Gasteiger partial charge in [0.05, 0.1) is 20.0 Å². The van der Waals surface area contributed by atoms with Crippen molar-refractivity contribution in [2.75, 3.05) is 33.3 Å². The fourth-order valence-electron chi connectivity index (χ4n) is 3.21. The van der Waals surface area contributed by atoms with Crippen LogP contribution in [-0.2, 0) is 22.4 Å². The van der Waals surface area contributed by atoms with E-state index in [1.165, 1.54) is 0 Å². The van der Waals surface area contributed by atoms with E-state index in [9.17, 15) is 9.59 Å². The zero-order valence-corrected chi connectivity index (χ0v) is 15.8. The van der Waals surface area contributed by atoms with Crippen molar-refractivity contribution in [3.8, 4) is 5.75 Å². The van der Waals surface area contributed by atoms with Gasteiger partial charge in [-0.15, -0.1) is 11.3 Å². The van der Waals surface area contributed by atoms with Gasteiger partial charge in [-0.3, -0.25) is 9.59 Å². The average molecular weight is 372 g/mol. The molecule has 0 atom stereocenters. The van der Waals surface area contributed by atoms with Crippen LogP contribution < -0.4 is 4.74 Å². The largest absolute Gasteiger partial charge is 0.496 e. The van der Waals surface area contributed by atoms with E-state index in [0.29, 0.717) is 39.0 Å². The molecule has 0 unspecified atom stereocenters. The summed E-state index contributed by atoms with van der Waals surface area (Å²) in [6.07, 6.45) is 1.59. The van der Waals surface area contributed by atoms with E-state index in [2.05, 4.69) is 0 Å². The zero-order chi connectivity index (χ0) is 18.4. The van der Waals surface area contributed by atoms with E-state index in [0.717, 1.165) is 22.6 Å². The van der Waals surface area contributed by atoms with Crippen molar-refractivity contribution in [1.29, 1.82) is 0 Å². The maximum atomic E-state index is 12.7. The lowest BCUT2D eigenvalue weighted by Crippen LogP contribution is -2.38. The molecule has 0 spiro atoms. The maximum Gasteiger partial charge on any atom is 0.227 e. The molecule has 0 bridgehead atoms. The first-order valence-corrected chi connectivity index (χ1v) is 9.75. The summed E-state index contributed by atoms with van der Waals surface area (Å²) >= 11 is 1.61. The summed E-state index contributed by atoms with van der Waals surface area (Å²) in [6.45, 7) is 2.59. The quantitative estimate of drug-likeness (QED) is 0.811. The van der Waals surface area contributed by atoms with Gasteiger partial charge in [-0.1, -0.05) is 24.3 Å². The number of methoxy groups -OCH3 is 1. The highest BCUT2D eigenvalue weighted by Gasteiger charge is 2.23. The summed E-state index contributed by atoms with van der Waals surface area (Å²) in [5, 5.41) is 1.99. The van der Waals surface area contributed by atoms with E-state index < -0.39 is 0 Å². The summed E-state index contributed by atoms with van der Waals surface area (Å²) in [6, 6.07) is 11.6. The first kappa shape index (κ1) is 18.5. The van der Waals surface area contributed by atoms with Crippen LogP contribution in [0, 0.1) is 0 Å². The monoisotopic (exact) mass is 372 g/mol. The van der Waals surface area contributed by atoms with Crippen LogP contribution in [0.25, 0.3) is 0 Å². The third-order valence-electron chi connectivity index (χ3n) is 4.64. The molecule has 1 aliphatic heterocycles. The zero-order valence-electron chi connectivity index (χ0n) is 15.0. The third-order valence-corrected chi connectivity index (χ3v) is 5.52. The van der Waals surface area contributed by atoms with E-state index in [4.69, 9.17) is 4.74 Å². The van der Waals surface area contributed by atoms with E-state index in [-0.39, 0.29) is 11.8 Å². The molecular weight excluding hydrogens is 348 g/mol. The van der Waals surface area contributed by atoms with Gasteiger partial charge in [0.15, 0.2) is 0 Å². The number of para-hydroxylation sites is 1. The van der Waals surface area contributed by atoms with Gasteiger partial charge in [-0.05, 0) is 23.9 Å². The first-order valence-electron chi connectivity index (χ1n) is 8.87. The molecule has 0 aliphatic carbocycles. The van der Waals surface area contributed by atoms with Gasteiger partial charge in [0.25, 0.3) is 0 Å². The summed E-state index contributed by atoms with van der Waals surface area (Å²) < 4.78 is 5.33. The Morgan fingerprint density at radius 2 is 1.65 bits per heavy atom. The molecule has 26 heavy (non-hydrogen) atoms. The van der Waals surface area contributed by atoms with Gasteiger partial charge in [0, 0.05) is 36.6 Å². The molecule has 1 saturated heterocycles. The number of nitrogens with zero attached hydrogens (tertiary/aromatic N) is 2. The minimum Gasteiger partial charge on any atom is -0.496 e. The van der Waals surface area contributed by atoms with Gasteiger partial charge >= 0.3 is 0 Å². The smallest absolute Gasteiger partial charge is 0.227 e. The lowest BCUT2D eigenvalue weighted by molar-refractivity contribution is -0.132. The highest BCUT2D eigenvalue weighted by Crippen LogP contribution is 2.19. The topological polar surface area (TPSA) is 49.9 Å². The van der Waals surface area contributed by atoms with Crippen LogP contribution in [0.15, 0.2) is 41.8 Å². The Hall–Kier alpha value is -2.34. The van der Waals surface area contributed by atoms with Crippen molar-refractivity contribution in [3.63, 3.8) is 0 Å². The highest BCUT2D eigenvalue weighted by atomic mass is 32.1. The van der Waals surface area contributed by atoms with Crippen LogP contribution in [0.5, 0.6) is 5.75 Å². The molecule has 2 heterocycles. The molecule has 3 rings (SSSR count). The van der Waals surface area contributed by atoms with Crippen LogP contribution in [-0.4, -0.2) is 54.9 Å². The summed E-state index contributed by atoms with van der Waals surface area (Å²) in [5.41, 5.74) is 0.898. The van der Waals surface area contributed by atoms with Crippen molar-refractivity contribution >= 4 is 23.2 Å². The molecule has 2 aromatic rings. The summed E-state index contributed by atoms with van der Waals surface area (Å²) in [4.78, 5) is 30.0. The molecule has 138 valence electrons. The maximum absolute atomic E-state index is 12.7. The lowest BCUT2D eigenvalue weighted by Gasteiger charge is -2.22. The molecule has 0 radical (unpaired) electrons. The number of carbonyl (C=O) groups is 2. The highest BCUT2D eigenvalue weighted by molar-refractivity contribution is 7.10. The molecular formula is C20H24N2O3S. The fourth-order valence-corrected chi connectivity index (χ4v) is 3.91.